The van der Waals surface area contributed by atoms with Crippen LogP contribution in [0.2, 0.25) is 0 Å². The predicted octanol–water partition coefficient (Wildman–Crippen LogP) is -0.0105. The second-order valence-electron chi connectivity index (χ2n) is 3.99. The summed E-state index contributed by atoms with van der Waals surface area (Å²) in [6, 6.07) is 4.47. The van der Waals surface area contributed by atoms with Gasteiger partial charge >= 0.3 is 0 Å². The largest absolute Gasteiger partial charge is 0.398 e. The van der Waals surface area contributed by atoms with Gasteiger partial charge in [-0.3, -0.25) is 0 Å². The van der Waals surface area contributed by atoms with Gasteiger partial charge in [-0.1, -0.05) is 0 Å². The van der Waals surface area contributed by atoms with E-state index in [2.05, 4.69) is 5.32 Å². The summed E-state index contributed by atoms with van der Waals surface area (Å²) in [5.41, 5.74) is 6.44. The lowest BCUT2D eigenvalue weighted by molar-refractivity contribution is 0.0365. The Morgan fingerprint density at radius 3 is 2.53 bits per heavy atom. The topological polar surface area (TPSA) is 117 Å². The van der Waals surface area contributed by atoms with Crippen molar-refractivity contribution >= 4 is 21.4 Å². The first-order valence-corrected chi connectivity index (χ1v) is 7.11. The van der Waals surface area contributed by atoms with Crippen LogP contribution in [-0.4, -0.2) is 41.9 Å². The molecule has 0 aliphatic heterocycles. The van der Waals surface area contributed by atoms with E-state index in [0.717, 1.165) is 0 Å². The molecule has 0 heterocycles. The van der Waals surface area contributed by atoms with E-state index in [0.29, 0.717) is 18.8 Å². The van der Waals surface area contributed by atoms with E-state index in [4.69, 9.17) is 20.3 Å². The van der Waals surface area contributed by atoms with E-state index in [1.807, 2.05) is 0 Å². The number of primary sulfonamides is 1. The van der Waals surface area contributed by atoms with Gasteiger partial charge in [-0.25, -0.2) is 13.6 Å². The molecule has 0 bridgehead atoms. The molecule has 0 aromatic heterocycles. The molecule has 0 fully saturated rings. The normalized spacial score (nSPS) is 13.2. The standard InChI is InChI=1S/C11H19N3O4S/c1-17-7-9(18-2)6-14-8-3-4-11(10(12)5-8)19(13,15)16/h3-5,9,14H,6-7,12H2,1-2H3,(H2,13,15,16). The van der Waals surface area contributed by atoms with Crippen molar-refractivity contribution in [3.05, 3.63) is 18.2 Å². The van der Waals surface area contributed by atoms with Gasteiger partial charge in [0.2, 0.25) is 10.0 Å². The fraction of sp³-hybridized carbons (Fsp3) is 0.455. The first-order valence-electron chi connectivity index (χ1n) is 5.56. The van der Waals surface area contributed by atoms with Crippen molar-refractivity contribution in [2.75, 3.05) is 38.4 Å². The summed E-state index contributed by atoms with van der Waals surface area (Å²) >= 11 is 0. The highest BCUT2D eigenvalue weighted by Crippen LogP contribution is 2.21. The van der Waals surface area contributed by atoms with Gasteiger partial charge < -0.3 is 20.5 Å². The zero-order valence-corrected chi connectivity index (χ0v) is 11.7. The van der Waals surface area contributed by atoms with Crippen LogP contribution in [0.25, 0.3) is 0 Å². The summed E-state index contributed by atoms with van der Waals surface area (Å²) in [6.45, 7) is 0.965. The van der Waals surface area contributed by atoms with Crippen molar-refractivity contribution in [2.24, 2.45) is 5.14 Å². The van der Waals surface area contributed by atoms with Crippen molar-refractivity contribution in [1.82, 2.24) is 0 Å². The van der Waals surface area contributed by atoms with Crippen LogP contribution in [0.3, 0.4) is 0 Å². The number of hydrogen-bond donors (Lipinski definition) is 3. The Kier molecular flexibility index (Phi) is 5.55. The molecule has 0 saturated carbocycles. The van der Waals surface area contributed by atoms with Crippen LogP contribution in [0.4, 0.5) is 11.4 Å². The number of benzene rings is 1. The first kappa shape index (κ1) is 15.7. The number of sulfonamides is 1. The Hall–Kier alpha value is -1.35. The smallest absolute Gasteiger partial charge is 0.240 e. The molecule has 0 aliphatic rings. The van der Waals surface area contributed by atoms with Gasteiger partial charge in [0, 0.05) is 26.5 Å². The molecule has 1 rings (SSSR count). The molecular formula is C11H19N3O4S. The molecule has 108 valence electrons. The lowest BCUT2D eigenvalue weighted by Gasteiger charge is -2.16. The number of nitrogens with two attached hydrogens (primary N) is 2. The number of rotatable bonds is 7. The highest BCUT2D eigenvalue weighted by Gasteiger charge is 2.13. The summed E-state index contributed by atoms with van der Waals surface area (Å²) in [5, 5.41) is 8.11. The lowest BCUT2D eigenvalue weighted by Crippen LogP contribution is -2.26. The van der Waals surface area contributed by atoms with Crippen LogP contribution < -0.4 is 16.2 Å². The summed E-state index contributed by atoms with van der Waals surface area (Å²) in [6.07, 6.45) is -0.107. The van der Waals surface area contributed by atoms with Crippen LogP contribution >= 0.6 is 0 Å². The summed E-state index contributed by atoms with van der Waals surface area (Å²) in [5.74, 6) is 0. The van der Waals surface area contributed by atoms with Crippen LogP contribution in [0.5, 0.6) is 0 Å². The van der Waals surface area contributed by atoms with E-state index < -0.39 is 10.0 Å². The van der Waals surface area contributed by atoms with E-state index in [1.54, 1.807) is 20.3 Å². The van der Waals surface area contributed by atoms with Crippen molar-refractivity contribution in [1.29, 1.82) is 0 Å². The van der Waals surface area contributed by atoms with E-state index in [1.165, 1.54) is 12.1 Å². The maximum atomic E-state index is 11.2. The average Bonchev–Trinajstić information content (AvgIpc) is 2.33. The molecule has 1 aromatic carbocycles. The fourth-order valence-electron chi connectivity index (χ4n) is 1.55. The maximum Gasteiger partial charge on any atom is 0.240 e. The van der Waals surface area contributed by atoms with Crippen LogP contribution in [0.1, 0.15) is 0 Å². The van der Waals surface area contributed by atoms with Gasteiger partial charge in [-0.05, 0) is 18.2 Å². The van der Waals surface area contributed by atoms with Gasteiger partial charge in [0.05, 0.1) is 18.4 Å². The third-order valence-corrected chi connectivity index (χ3v) is 3.52. The molecule has 1 unspecified atom stereocenters. The van der Waals surface area contributed by atoms with Gasteiger partial charge in [-0.2, -0.15) is 0 Å². The van der Waals surface area contributed by atoms with Crippen molar-refractivity contribution in [3.8, 4) is 0 Å². The van der Waals surface area contributed by atoms with E-state index in [9.17, 15) is 8.42 Å². The van der Waals surface area contributed by atoms with E-state index >= 15 is 0 Å². The number of nitrogen functional groups attached to an aromatic ring is 1. The Labute approximate surface area is 112 Å². The molecular weight excluding hydrogens is 270 g/mol. The third kappa shape index (κ3) is 4.67. The number of anilines is 2. The van der Waals surface area contributed by atoms with Crippen LogP contribution in [0.15, 0.2) is 23.1 Å². The molecule has 0 spiro atoms. The highest BCUT2D eigenvalue weighted by atomic mass is 32.2. The number of ether oxygens (including phenoxy) is 2. The molecule has 1 atom stereocenters. The molecule has 5 N–H and O–H groups in total. The average molecular weight is 289 g/mol. The SMILES string of the molecule is COCC(CNc1ccc(S(N)(=O)=O)c(N)c1)OC. The van der Waals surface area contributed by atoms with Crippen molar-refractivity contribution in [3.63, 3.8) is 0 Å². The second-order valence-corrected chi connectivity index (χ2v) is 5.52. The molecule has 0 aliphatic carbocycles. The molecule has 8 heteroatoms. The molecule has 0 radical (unpaired) electrons. The summed E-state index contributed by atoms with van der Waals surface area (Å²) in [7, 11) is -0.617. The molecule has 19 heavy (non-hydrogen) atoms. The van der Waals surface area contributed by atoms with Gasteiger partial charge in [0.1, 0.15) is 4.90 Å². The summed E-state index contributed by atoms with van der Waals surface area (Å²) < 4.78 is 32.6. The van der Waals surface area contributed by atoms with Gasteiger partial charge in [-0.15, -0.1) is 0 Å². The molecule has 1 aromatic rings. The Balaban J connectivity index is 2.74. The fourth-order valence-corrected chi connectivity index (χ4v) is 2.19. The van der Waals surface area contributed by atoms with Crippen LogP contribution in [0, 0.1) is 0 Å². The molecule has 0 saturated heterocycles. The zero-order chi connectivity index (χ0) is 14.5. The third-order valence-electron chi connectivity index (χ3n) is 2.54. The number of hydrogen-bond acceptors (Lipinski definition) is 6. The van der Waals surface area contributed by atoms with E-state index in [-0.39, 0.29) is 16.7 Å². The molecule has 7 nitrogen and oxygen atoms in total. The quantitative estimate of drug-likeness (QED) is 0.608. The minimum atomic E-state index is -3.79. The number of nitrogens with one attached hydrogen (secondary N) is 1. The number of methoxy groups -OCH3 is 2. The maximum absolute atomic E-state index is 11.2. The minimum Gasteiger partial charge on any atom is -0.398 e. The first-order chi connectivity index (χ1) is 8.88. The van der Waals surface area contributed by atoms with Crippen LogP contribution in [-0.2, 0) is 19.5 Å². The predicted molar refractivity (Wildman–Crippen MR) is 73.4 cm³/mol. The summed E-state index contributed by atoms with van der Waals surface area (Å²) in [4.78, 5) is -0.0850. The van der Waals surface area contributed by atoms with Crippen molar-refractivity contribution < 1.29 is 17.9 Å². The second kappa shape index (κ2) is 6.71. The zero-order valence-electron chi connectivity index (χ0n) is 10.9. The Bertz CT molecular complexity index is 519. The Morgan fingerprint density at radius 2 is 2.05 bits per heavy atom. The lowest BCUT2D eigenvalue weighted by atomic mass is 10.2. The highest BCUT2D eigenvalue weighted by molar-refractivity contribution is 7.89. The monoisotopic (exact) mass is 289 g/mol. The molecule has 0 amide bonds. The Morgan fingerprint density at radius 1 is 1.37 bits per heavy atom. The van der Waals surface area contributed by atoms with Gasteiger partial charge in [0.15, 0.2) is 0 Å². The minimum absolute atomic E-state index is 0.0850. The van der Waals surface area contributed by atoms with Crippen molar-refractivity contribution in [2.45, 2.75) is 11.0 Å². The van der Waals surface area contributed by atoms with Gasteiger partial charge in [0.25, 0.3) is 0 Å².